The molecule has 0 spiro atoms. The first-order chi connectivity index (χ1) is 22.1. The molecular weight excluding hydrogens is 582 g/mol. The van der Waals surface area contributed by atoms with Crippen LogP contribution in [0.2, 0.25) is 0 Å². The minimum absolute atomic E-state index is 0.0415. The highest BCUT2D eigenvalue weighted by molar-refractivity contribution is 5.72. The van der Waals surface area contributed by atoms with E-state index in [2.05, 4.69) is 44.2 Å². The molecule has 0 fully saturated rings. The van der Waals surface area contributed by atoms with E-state index < -0.39 is 18.1 Å². The molecule has 46 heavy (non-hydrogen) atoms. The van der Waals surface area contributed by atoms with Gasteiger partial charge >= 0.3 is 17.9 Å². The number of hydrogen-bond acceptors (Lipinski definition) is 6. The summed E-state index contributed by atoms with van der Waals surface area (Å²) >= 11 is 0. The quantitative estimate of drug-likeness (QED) is 0.0263. The summed E-state index contributed by atoms with van der Waals surface area (Å²) in [6, 6.07) is -0.618. The number of unbranched alkanes of at least 4 members (excludes halogenated alkanes) is 12. The van der Waals surface area contributed by atoms with Crippen LogP contribution in [0, 0.1) is 0 Å². The molecule has 0 rings (SSSR count). The molecule has 0 aliphatic carbocycles. The number of hydrogen-bond donors (Lipinski definition) is 1. The van der Waals surface area contributed by atoms with Crippen LogP contribution in [0.1, 0.15) is 136 Å². The summed E-state index contributed by atoms with van der Waals surface area (Å²) in [6.07, 6.45) is 30.7. The van der Waals surface area contributed by atoms with Gasteiger partial charge in [-0.3, -0.25) is 9.59 Å². The number of carboxylic acid groups (broad SMARTS) is 1. The first kappa shape index (κ1) is 43.5. The largest absolute Gasteiger partial charge is 0.477 e. The summed E-state index contributed by atoms with van der Waals surface area (Å²) in [5.41, 5.74) is 0. The van der Waals surface area contributed by atoms with Crippen LogP contribution in [0.15, 0.2) is 36.5 Å². The zero-order valence-corrected chi connectivity index (χ0v) is 30.0. The number of aliphatic carboxylic acids is 1. The van der Waals surface area contributed by atoms with Crippen LogP contribution in [-0.4, -0.2) is 80.6 Å². The summed E-state index contributed by atoms with van der Waals surface area (Å²) in [5.74, 6) is -1.56. The van der Waals surface area contributed by atoms with Crippen molar-refractivity contribution in [2.24, 2.45) is 0 Å². The first-order valence-corrected chi connectivity index (χ1v) is 18.0. The lowest BCUT2D eigenvalue weighted by atomic mass is 10.1. The van der Waals surface area contributed by atoms with Gasteiger partial charge in [-0.1, -0.05) is 102 Å². The van der Waals surface area contributed by atoms with Crippen LogP contribution < -0.4 is 0 Å². The summed E-state index contributed by atoms with van der Waals surface area (Å²) in [5, 5.41) is 9.54. The molecule has 0 aromatic carbocycles. The van der Waals surface area contributed by atoms with Crippen LogP contribution in [0.3, 0.4) is 0 Å². The van der Waals surface area contributed by atoms with Gasteiger partial charge in [-0.2, -0.15) is 0 Å². The Labute approximate surface area is 281 Å². The minimum Gasteiger partial charge on any atom is -0.477 e. The van der Waals surface area contributed by atoms with Crippen LogP contribution in [0.4, 0.5) is 0 Å². The lowest BCUT2D eigenvalue weighted by molar-refractivity contribution is -0.887. The van der Waals surface area contributed by atoms with Crippen LogP contribution in [0.5, 0.6) is 0 Å². The van der Waals surface area contributed by atoms with Crippen molar-refractivity contribution in [2.75, 3.05) is 41.0 Å². The summed E-state index contributed by atoms with van der Waals surface area (Å²) in [6.45, 7) is 4.56. The SMILES string of the molecule is CCCCC/C=C/C=C/CCCCCCCCC(=O)OCC(COCCC(C(=O)O)[N+](C)(C)C)OC(=O)CC/C=C/CCCCC. The smallest absolute Gasteiger partial charge is 0.362 e. The first-order valence-electron chi connectivity index (χ1n) is 18.0. The molecule has 0 aromatic heterocycles. The highest BCUT2D eigenvalue weighted by atomic mass is 16.6. The fraction of sp³-hybridized carbons (Fsp3) is 0.763. The minimum atomic E-state index is -0.885. The Morgan fingerprint density at radius 2 is 1.20 bits per heavy atom. The number of rotatable bonds is 31. The van der Waals surface area contributed by atoms with E-state index in [1.165, 1.54) is 51.4 Å². The van der Waals surface area contributed by atoms with E-state index in [0.717, 1.165) is 44.9 Å². The van der Waals surface area contributed by atoms with E-state index in [9.17, 15) is 19.5 Å². The number of likely N-dealkylation sites (N-methyl/N-ethyl adjacent to an activating group) is 1. The topological polar surface area (TPSA) is 99.1 Å². The van der Waals surface area contributed by atoms with Gasteiger partial charge in [0.1, 0.15) is 6.61 Å². The molecule has 0 aliphatic rings. The third-order valence-electron chi connectivity index (χ3n) is 7.80. The van der Waals surface area contributed by atoms with Crippen LogP contribution in [0.25, 0.3) is 0 Å². The van der Waals surface area contributed by atoms with Gasteiger partial charge in [0.25, 0.3) is 0 Å². The van der Waals surface area contributed by atoms with E-state index in [4.69, 9.17) is 14.2 Å². The maximum absolute atomic E-state index is 12.5. The highest BCUT2D eigenvalue weighted by Crippen LogP contribution is 2.12. The standard InChI is InChI=1S/C38H67NO7/c1-6-8-10-12-14-15-16-17-18-19-20-21-23-24-26-28-36(40)45-33-34(32-44-31-30-35(38(42)43)39(3,4)5)46-37(41)29-27-25-22-13-11-9-7-2/h14-17,22,25,34-35H,6-13,18-21,23-24,26-33H2,1-5H3/p+1/b15-14+,17-16+,25-22+. The van der Waals surface area contributed by atoms with Crippen molar-refractivity contribution in [3.8, 4) is 0 Å². The molecule has 0 saturated carbocycles. The molecular formula is C38H68NO7+. The number of carbonyl (C=O) groups excluding carboxylic acids is 2. The van der Waals surface area contributed by atoms with Gasteiger partial charge in [-0.25, -0.2) is 4.79 Å². The average Bonchev–Trinajstić information content (AvgIpc) is 3.00. The fourth-order valence-corrected chi connectivity index (χ4v) is 4.92. The summed E-state index contributed by atoms with van der Waals surface area (Å²) < 4.78 is 17.0. The van der Waals surface area contributed by atoms with Crippen molar-refractivity contribution >= 4 is 17.9 Å². The maximum Gasteiger partial charge on any atom is 0.362 e. The molecule has 0 radical (unpaired) electrons. The zero-order chi connectivity index (χ0) is 34.3. The molecule has 0 saturated heterocycles. The monoisotopic (exact) mass is 650 g/mol. The van der Waals surface area contributed by atoms with Crippen molar-refractivity contribution < 1.29 is 38.2 Å². The van der Waals surface area contributed by atoms with Gasteiger partial charge in [-0.05, 0) is 51.4 Å². The van der Waals surface area contributed by atoms with Crippen LogP contribution >= 0.6 is 0 Å². The van der Waals surface area contributed by atoms with Gasteiger partial charge in [0.05, 0.1) is 34.4 Å². The molecule has 1 N–H and O–H groups in total. The normalized spacial score (nSPS) is 13.5. The fourth-order valence-electron chi connectivity index (χ4n) is 4.92. The molecule has 266 valence electrons. The molecule has 2 unspecified atom stereocenters. The molecule has 0 aliphatic heterocycles. The molecule has 0 aromatic rings. The van der Waals surface area contributed by atoms with E-state index in [-0.39, 0.29) is 42.7 Å². The molecule has 8 nitrogen and oxygen atoms in total. The van der Waals surface area contributed by atoms with Gasteiger partial charge in [-0.15, -0.1) is 0 Å². The Balaban J connectivity index is 4.41. The molecule has 2 atom stereocenters. The second-order valence-corrected chi connectivity index (χ2v) is 13.1. The van der Waals surface area contributed by atoms with Gasteiger partial charge < -0.3 is 23.8 Å². The predicted octanol–water partition coefficient (Wildman–Crippen LogP) is 8.74. The number of carbonyl (C=O) groups is 3. The Morgan fingerprint density at radius 1 is 0.652 bits per heavy atom. The molecule has 0 bridgehead atoms. The van der Waals surface area contributed by atoms with Crippen molar-refractivity contribution in [3.05, 3.63) is 36.5 Å². The summed E-state index contributed by atoms with van der Waals surface area (Å²) in [4.78, 5) is 36.5. The van der Waals surface area contributed by atoms with Gasteiger partial charge in [0.2, 0.25) is 0 Å². The molecule has 8 heteroatoms. The predicted molar refractivity (Wildman–Crippen MR) is 188 cm³/mol. The van der Waals surface area contributed by atoms with Gasteiger partial charge in [0.15, 0.2) is 12.1 Å². The van der Waals surface area contributed by atoms with Gasteiger partial charge in [0, 0.05) is 19.3 Å². The zero-order valence-electron chi connectivity index (χ0n) is 30.0. The highest BCUT2D eigenvalue weighted by Gasteiger charge is 2.31. The lowest BCUT2D eigenvalue weighted by Crippen LogP contribution is -2.50. The number of allylic oxidation sites excluding steroid dienone is 6. The van der Waals surface area contributed by atoms with Crippen molar-refractivity contribution in [3.63, 3.8) is 0 Å². The van der Waals surface area contributed by atoms with E-state index in [1.54, 1.807) is 0 Å². The van der Waals surface area contributed by atoms with Crippen molar-refractivity contribution in [1.29, 1.82) is 0 Å². The third kappa shape index (κ3) is 27.8. The van der Waals surface area contributed by atoms with Crippen molar-refractivity contribution in [2.45, 2.75) is 148 Å². The Kier molecular flexibility index (Phi) is 28.3. The number of ether oxygens (including phenoxy) is 3. The number of carboxylic acids is 1. The van der Waals surface area contributed by atoms with E-state index in [0.29, 0.717) is 19.3 Å². The number of nitrogens with zero attached hydrogens (tertiary/aromatic N) is 1. The lowest BCUT2D eigenvalue weighted by Gasteiger charge is -2.31. The van der Waals surface area contributed by atoms with Crippen LogP contribution in [-0.2, 0) is 28.6 Å². The Bertz CT molecular complexity index is 860. The molecule has 0 amide bonds. The number of esters is 2. The van der Waals surface area contributed by atoms with E-state index in [1.807, 2.05) is 27.2 Å². The average molecular weight is 651 g/mol. The summed E-state index contributed by atoms with van der Waals surface area (Å²) in [7, 11) is 5.49. The molecule has 0 heterocycles. The second-order valence-electron chi connectivity index (χ2n) is 13.1. The van der Waals surface area contributed by atoms with Crippen molar-refractivity contribution in [1.82, 2.24) is 0 Å². The van der Waals surface area contributed by atoms with E-state index >= 15 is 0 Å². The second kappa shape index (κ2) is 29.9. The Morgan fingerprint density at radius 3 is 1.78 bits per heavy atom. The Hall–Kier alpha value is -2.45. The third-order valence-corrected chi connectivity index (χ3v) is 7.80. The number of quaternary nitrogens is 1. The maximum atomic E-state index is 12.5.